The minimum absolute atomic E-state index is 0.353. The van der Waals surface area contributed by atoms with Crippen molar-refractivity contribution in [1.29, 1.82) is 0 Å². The van der Waals surface area contributed by atoms with Gasteiger partial charge in [0, 0.05) is 6.04 Å². The summed E-state index contributed by atoms with van der Waals surface area (Å²) in [6.45, 7) is 4.31. The molecule has 1 aromatic rings. The molecule has 2 rings (SSSR count). The van der Waals surface area contributed by atoms with Crippen LogP contribution in [0.25, 0.3) is 0 Å². The molecule has 1 aliphatic rings. The summed E-state index contributed by atoms with van der Waals surface area (Å²) in [7, 11) is 0. The first kappa shape index (κ1) is 9.72. The second kappa shape index (κ2) is 3.74. The van der Waals surface area contributed by atoms with E-state index in [4.69, 9.17) is 5.73 Å². The van der Waals surface area contributed by atoms with Crippen molar-refractivity contribution in [2.45, 2.75) is 38.6 Å². The van der Waals surface area contributed by atoms with E-state index in [9.17, 15) is 0 Å². The molecule has 0 bridgehead atoms. The van der Waals surface area contributed by atoms with E-state index in [2.05, 4.69) is 38.1 Å². The highest BCUT2D eigenvalue weighted by molar-refractivity contribution is 5.30. The van der Waals surface area contributed by atoms with Crippen LogP contribution < -0.4 is 5.73 Å². The van der Waals surface area contributed by atoms with Crippen LogP contribution in [0.3, 0.4) is 0 Å². The smallest absolute Gasteiger partial charge is 0.00448 e. The van der Waals surface area contributed by atoms with E-state index >= 15 is 0 Å². The van der Waals surface area contributed by atoms with Crippen LogP contribution in [0, 0.1) is 5.92 Å². The fourth-order valence-corrected chi connectivity index (χ4v) is 2.18. The number of aryl methyl sites for hydroxylation is 1. The van der Waals surface area contributed by atoms with Gasteiger partial charge in [0.25, 0.3) is 0 Å². The van der Waals surface area contributed by atoms with Gasteiger partial charge >= 0.3 is 0 Å². The average Bonchev–Trinajstić information content (AvgIpc) is 2.97. The molecule has 0 saturated heterocycles. The zero-order valence-electron chi connectivity index (χ0n) is 9.03. The highest BCUT2D eigenvalue weighted by Crippen LogP contribution is 2.48. The Morgan fingerprint density at radius 2 is 2.00 bits per heavy atom. The highest BCUT2D eigenvalue weighted by atomic mass is 14.7. The minimum atomic E-state index is 0.353. The summed E-state index contributed by atoms with van der Waals surface area (Å²) in [6, 6.07) is 9.38. The molecule has 1 aromatic carbocycles. The molecule has 3 atom stereocenters. The summed E-state index contributed by atoms with van der Waals surface area (Å²) in [6.07, 6.45) is 2.41. The Morgan fingerprint density at radius 1 is 1.36 bits per heavy atom. The van der Waals surface area contributed by atoms with Gasteiger partial charge < -0.3 is 5.73 Å². The third-order valence-corrected chi connectivity index (χ3v) is 3.33. The summed E-state index contributed by atoms with van der Waals surface area (Å²) >= 11 is 0. The largest absolute Gasteiger partial charge is 0.328 e. The number of hydrogen-bond donors (Lipinski definition) is 1. The van der Waals surface area contributed by atoms with Crippen molar-refractivity contribution >= 4 is 0 Å². The predicted molar refractivity (Wildman–Crippen MR) is 60.3 cm³/mol. The second-order valence-electron chi connectivity index (χ2n) is 4.46. The van der Waals surface area contributed by atoms with Gasteiger partial charge in [-0.15, -0.1) is 0 Å². The van der Waals surface area contributed by atoms with Gasteiger partial charge in [-0.1, -0.05) is 31.2 Å². The van der Waals surface area contributed by atoms with Gasteiger partial charge in [-0.05, 0) is 42.7 Å². The molecule has 1 fully saturated rings. The maximum atomic E-state index is 5.88. The van der Waals surface area contributed by atoms with Crippen LogP contribution in [0.5, 0.6) is 0 Å². The Bertz CT molecular complexity index is 300. The molecule has 0 heterocycles. The van der Waals surface area contributed by atoms with Crippen molar-refractivity contribution in [3.63, 3.8) is 0 Å². The molecule has 0 aromatic heterocycles. The molecule has 14 heavy (non-hydrogen) atoms. The molecule has 0 radical (unpaired) electrons. The van der Waals surface area contributed by atoms with E-state index < -0.39 is 0 Å². The van der Waals surface area contributed by atoms with Crippen LogP contribution in [0.15, 0.2) is 24.3 Å². The van der Waals surface area contributed by atoms with Gasteiger partial charge in [-0.25, -0.2) is 0 Å². The van der Waals surface area contributed by atoms with E-state index in [1.165, 1.54) is 17.5 Å². The Labute approximate surface area is 86.3 Å². The maximum absolute atomic E-state index is 5.88. The first-order valence-electron chi connectivity index (χ1n) is 5.56. The van der Waals surface area contributed by atoms with Crippen LogP contribution in [-0.4, -0.2) is 6.04 Å². The standard InChI is InChI=1S/C13H19N/c1-3-10-4-6-11(7-5-10)13-8-12(13)9(2)14/h4-7,9,12-13H,3,8,14H2,1-2H3/t9-,12+,13-/m1/s1. The van der Waals surface area contributed by atoms with Gasteiger partial charge in [0.2, 0.25) is 0 Å². The van der Waals surface area contributed by atoms with Crippen molar-refractivity contribution in [2.75, 3.05) is 0 Å². The third-order valence-electron chi connectivity index (χ3n) is 3.33. The zero-order chi connectivity index (χ0) is 10.1. The predicted octanol–water partition coefficient (Wildman–Crippen LogP) is 2.70. The Morgan fingerprint density at radius 3 is 2.43 bits per heavy atom. The Kier molecular flexibility index (Phi) is 2.60. The Hall–Kier alpha value is -0.820. The molecule has 0 unspecified atom stereocenters. The van der Waals surface area contributed by atoms with E-state index in [-0.39, 0.29) is 0 Å². The molecular weight excluding hydrogens is 170 g/mol. The number of rotatable bonds is 3. The highest BCUT2D eigenvalue weighted by Gasteiger charge is 2.40. The lowest BCUT2D eigenvalue weighted by atomic mass is 10.0. The molecule has 0 spiro atoms. The van der Waals surface area contributed by atoms with Gasteiger partial charge in [-0.3, -0.25) is 0 Å². The lowest BCUT2D eigenvalue weighted by molar-refractivity contribution is 0.631. The van der Waals surface area contributed by atoms with Crippen LogP contribution in [-0.2, 0) is 6.42 Å². The van der Waals surface area contributed by atoms with Crippen LogP contribution in [0.1, 0.15) is 37.3 Å². The quantitative estimate of drug-likeness (QED) is 0.777. The molecule has 1 nitrogen and oxygen atoms in total. The Balaban J connectivity index is 2.05. The van der Waals surface area contributed by atoms with Gasteiger partial charge in [0.1, 0.15) is 0 Å². The van der Waals surface area contributed by atoms with E-state index in [0.717, 1.165) is 18.3 Å². The van der Waals surface area contributed by atoms with Crippen LogP contribution in [0.4, 0.5) is 0 Å². The van der Waals surface area contributed by atoms with Gasteiger partial charge in [0.15, 0.2) is 0 Å². The monoisotopic (exact) mass is 189 g/mol. The van der Waals surface area contributed by atoms with Crippen molar-refractivity contribution < 1.29 is 0 Å². The summed E-state index contributed by atoms with van der Waals surface area (Å²) in [5.41, 5.74) is 8.78. The number of hydrogen-bond acceptors (Lipinski definition) is 1. The fraction of sp³-hybridized carbons (Fsp3) is 0.538. The van der Waals surface area contributed by atoms with Crippen molar-refractivity contribution in [3.8, 4) is 0 Å². The molecule has 76 valence electrons. The van der Waals surface area contributed by atoms with Crippen molar-refractivity contribution in [3.05, 3.63) is 35.4 Å². The fourth-order valence-electron chi connectivity index (χ4n) is 2.18. The normalized spacial score (nSPS) is 27.4. The number of benzene rings is 1. The van der Waals surface area contributed by atoms with Gasteiger partial charge in [0.05, 0.1) is 0 Å². The summed E-state index contributed by atoms with van der Waals surface area (Å²) in [5, 5.41) is 0. The third kappa shape index (κ3) is 1.83. The molecule has 1 aliphatic carbocycles. The maximum Gasteiger partial charge on any atom is 0.00448 e. The van der Waals surface area contributed by atoms with E-state index in [1.807, 2.05) is 0 Å². The lowest BCUT2D eigenvalue weighted by Gasteiger charge is -2.04. The molecule has 0 amide bonds. The first-order chi connectivity index (χ1) is 6.72. The van der Waals surface area contributed by atoms with Crippen molar-refractivity contribution in [1.82, 2.24) is 0 Å². The summed E-state index contributed by atoms with van der Waals surface area (Å²) in [4.78, 5) is 0. The molecule has 1 heteroatoms. The topological polar surface area (TPSA) is 26.0 Å². The van der Waals surface area contributed by atoms with E-state index in [0.29, 0.717) is 6.04 Å². The van der Waals surface area contributed by atoms with Crippen LogP contribution >= 0.6 is 0 Å². The molecule has 0 aliphatic heterocycles. The zero-order valence-corrected chi connectivity index (χ0v) is 9.03. The first-order valence-corrected chi connectivity index (χ1v) is 5.56. The SMILES string of the molecule is CCc1ccc([C@H]2C[C@H]2[C@@H](C)N)cc1. The van der Waals surface area contributed by atoms with Gasteiger partial charge in [-0.2, -0.15) is 0 Å². The molecular formula is C13H19N. The minimum Gasteiger partial charge on any atom is -0.328 e. The van der Waals surface area contributed by atoms with Crippen LogP contribution in [0.2, 0.25) is 0 Å². The van der Waals surface area contributed by atoms with E-state index in [1.54, 1.807) is 0 Å². The average molecular weight is 189 g/mol. The van der Waals surface area contributed by atoms with Crippen molar-refractivity contribution in [2.24, 2.45) is 11.7 Å². The second-order valence-corrected chi connectivity index (χ2v) is 4.46. The molecule has 2 N–H and O–H groups in total. The summed E-state index contributed by atoms with van der Waals surface area (Å²) < 4.78 is 0. The number of nitrogens with two attached hydrogens (primary N) is 1. The lowest BCUT2D eigenvalue weighted by Crippen LogP contribution is -2.17. The summed E-state index contributed by atoms with van der Waals surface area (Å²) in [5.74, 6) is 1.46. The molecule has 1 saturated carbocycles.